The Labute approximate surface area is 180 Å². The van der Waals surface area contributed by atoms with Crippen LogP contribution in [-0.2, 0) is 16.8 Å². The first-order chi connectivity index (χ1) is 14.4. The Bertz CT molecular complexity index is 1070. The summed E-state index contributed by atoms with van der Waals surface area (Å²) >= 11 is 6.11. The zero-order valence-electron chi connectivity index (χ0n) is 17.1. The SMILES string of the molecule is COC1CCC2(CC1)Cc1cc(F)c(-c3cncc(Cl)c3)cc1C21N=C(C)C(N)=N1. The standard InChI is InChI=1S/C23H24ClFN4O/c1-13-21(26)29-23(28-13)19-9-18(15-7-16(24)12-27-11-15)20(25)8-14(19)10-22(23)5-3-17(30-2)4-6-22/h7-9,11-12,17H,3-6,10H2,1-2H3,(H2,26,29). The fraction of sp³-hybridized carbons (Fsp3) is 0.435. The van der Waals surface area contributed by atoms with E-state index in [0.29, 0.717) is 22.0 Å². The number of benzene rings is 1. The van der Waals surface area contributed by atoms with E-state index in [4.69, 9.17) is 32.1 Å². The molecule has 0 bridgehead atoms. The van der Waals surface area contributed by atoms with Crippen molar-refractivity contribution >= 4 is 23.1 Å². The van der Waals surface area contributed by atoms with Gasteiger partial charge in [-0.25, -0.2) is 9.38 Å². The Hall–Kier alpha value is -2.31. The zero-order chi connectivity index (χ0) is 21.1. The van der Waals surface area contributed by atoms with Crippen molar-refractivity contribution in [2.24, 2.45) is 21.1 Å². The molecule has 1 unspecified atom stereocenters. The highest BCUT2D eigenvalue weighted by Crippen LogP contribution is 2.62. The van der Waals surface area contributed by atoms with Gasteiger partial charge in [0.15, 0.2) is 5.66 Å². The van der Waals surface area contributed by atoms with E-state index in [2.05, 4.69) is 4.98 Å². The van der Waals surface area contributed by atoms with Gasteiger partial charge in [0.25, 0.3) is 0 Å². The van der Waals surface area contributed by atoms with E-state index in [-0.39, 0.29) is 17.3 Å². The molecule has 2 aliphatic carbocycles. The summed E-state index contributed by atoms with van der Waals surface area (Å²) in [4.78, 5) is 14.1. The number of nitrogens with two attached hydrogens (primary N) is 1. The van der Waals surface area contributed by atoms with Crippen LogP contribution >= 0.6 is 11.6 Å². The van der Waals surface area contributed by atoms with Gasteiger partial charge in [-0.1, -0.05) is 11.6 Å². The first-order valence-corrected chi connectivity index (χ1v) is 10.6. The molecule has 5 rings (SSSR count). The summed E-state index contributed by atoms with van der Waals surface area (Å²) in [6.45, 7) is 1.89. The Kier molecular flexibility index (Phi) is 4.49. The van der Waals surface area contributed by atoms with E-state index >= 15 is 4.39 Å². The molecule has 30 heavy (non-hydrogen) atoms. The Morgan fingerprint density at radius 1 is 1.17 bits per heavy atom. The highest BCUT2D eigenvalue weighted by atomic mass is 35.5. The van der Waals surface area contributed by atoms with Crippen LogP contribution in [0.25, 0.3) is 11.1 Å². The number of methoxy groups -OCH3 is 1. The number of rotatable bonds is 2. The highest BCUT2D eigenvalue weighted by Gasteiger charge is 2.60. The van der Waals surface area contributed by atoms with Gasteiger partial charge in [-0.2, -0.15) is 0 Å². The van der Waals surface area contributed by atoms with Gasteiger partial charge in [0.05, 0.1) is 16.8 Å². The molecule has 1 atom stereocenters. The number of aromatic nitrogens is 1. The lowest BCUT2D eigenvalue weighted by Crippen LogP contribution is -2.43. The third-order valence-electron chi connectivity index (χ3n) is 7.06. The third-order valence-corrected chi connectivity index (χ3v) is 7.26. The number of halogens is 2. The Morgan fingerprint density at radius 2 is 1.93 bits per heavy atom. The van der Waals surface area contributed by atoms with Crippen molar-refractivity contribution in [3.63, 3.8) is 0 Å². The molecule has 2 N–H and O–H groups in total. The van der Waals surface area contributed by atoms with Crippen molar-refractivity contribution in [3.05, 3.63) is 52.6 Å². The largest absolute Gasteiger partial charge is 0.382 e. The maximum absolute atomic E-state index is 15.2. The fourth-order valence-electron chi connectivity index (χ4n) is 5.48. The molecule has 5 nitrogen and oxygen atoms in total. The Balaban J connectivity index is 1.69. The van der Waals surface area contributed by atoms with Crippen LogP contribution in [0.2, 0.25) is 5.02 Å². The molecule has 2 aromatic rings. The summed E-state index contributed by atoms with van der Waals surface area (Å²) < 4.78 is 20.8. The molecule has 1 aromatic heterocycles. The van der Waals surface area contributed by atoms with Gasteiger partial charge in [0.1, 0.15) is 11.7 Å². The van der Waals surface area contributed by atoms with Crippen LogP contribution in [0.4, 0.5) is 4.39 Å². The van der Waals surface area contributed by atoms with Crippen molar-refractivity contribution in [3.8, 4) is 11.1 Å². The van der Waals surface area contributed by atoms with Crippen LogP contribution in [0.1, 0.15) is 43.7 Å². The van der Waals surface area contributed by atoms with Crippen LogP contribution in [-0.4, -0.2) is 29.7 Å². The van der Waals surface area contributed by atoms with E-state index in [1.165, 1.54) is 6.20 Å². The molecule has 0 radical (unpaired) electrons. The minimum atomic E-state index is -0.802. The van der Waals surface area contributed by atoms with E-state index in [0.717, 1.165) is 48.9 Å². The summed E-state index contributed by atoms with van der Waals surface area (Å²) in [5.41, 5.74) is 8.94. The molecule has 1 aromatic carbocycles. The second-order valence-electron chi connectivity index (χ2n) is 8.64. The van der Waals surface area contributed by atoms with Crippen molar-refractivity contribution in [1.82, 2.24) is 4.98 Å². The fourth-order valence-corrected chi connectivity index (χ4v) is 5.66. The molecule has 0 amide bonds. The van der Waals surface area contributed by atoms with Gasteiger partial charge in [-0.05, 0) is 62.8 Å². The minimum absolute atomic E-state index is 0.218. The second kappa shape index (κ2) is 6.86. The quantitative estimate of drug-likeness (QED) is 0.759. The van der Waals surface area contributed by atoms with Crippen molar-refractivity contribution in [2.75, 3.05) is 7.11 Å². The first kappa shape index (κ1) is 19.6. The van der Waals surface area contributed by atoms with Gasteiger partial charge in [0.2, 0.25) is 0 Å². The number of amidine groups is 1. The number of nitrogens with zero attached hydrogens (tertiary/aromatic N) is 3. The van der Waals surface area contributed by atoms with E-state index in [9.17, 15) is 0 Å². The highest BCUT2D eigenvalue weighted by molar-refractivity contribution is 6.41. The summed E-state index contributed by atoms with van der Waals surface area (Å²) in [6, 6.07) is 5.24. The molecule has 156 valence electrons. The number of fused-ring (bicyclic) bond motifs is 3. The lowest BCUT2D eigenvalue weighted by Gasteiger charge is -2.44. The van der Waals surface area contributed by atoms with E-state index in [1.807, 2.05) is 13.0 Å². The van der Waals surface area contributed by atoms with Gasteiger partial charge in [-0.15, -0.1) is 0 Å². The number of hydrogen-bond donors (Lipinski definition) is 1. The summed E-state index contributed by atoms with van der Waals surface area (Å²) in [5.74, 6) is 0.178. The van der Waals surface area contributed by atoms with Crippen molar-refractivity contribution < 1.29 is 9.13 Å². The number of hydrogen-bond acceptors (Lipinski definition) is 5. The summed E-state index contributed by atoms with van der Waals surface area (Å²) in [5, 5.41) is 0.466. The molecule has 1 saturated carbocycles. The normalized spacial score (nSPS) is 29.9. The predicted octanol–water partition coefficient (Wildman–Crippen LogP) is 4.66. The van der Waals surface area contributed by atoms with Gasteiger partial charge in [0, 0.05) is 41.6 Å². The van der Waals surface area contributed by atoms with Crippen LogP contribution in [0, 0.1) is 11.2 Å². The molecule has 1 aliphatic heterocycles. The van der Waals surface area contributed by atoms with Crippen molar-refractivity contribution in [1.29, 1.82) is 0 Å². The number of ether oxygens (including phenoxy) is 1. The molecule has 1 fully saturated rings. The molecule has 3 aliphatic rings. The van der Waals surface area contributed by atoms with Crippen LogP contribution in [0.5, 0.6) is 0 Å². The third kappa shape index (κ3) is 2.73. The number of pyridine rings is 1. The van der Waals surface area contributed by atoms with Gasteiger partial charge < -0.3 is 10.5 Å². The molecule has 2 heterocycles. The summed E-state index contributed by atoms with van der Waals surface area (Å²) in [7, 11) is 1.76. The zero-order valence-corrected chi connectivity index (χ0v) is 17.8. The van der Waals surface area contributed by atoms with E-state index < -0.39 is 5.66 Å². The smallest absolute Gasteiger partial charge is 0.184 e. The minimum Gasteiger partial charge on any atom is -0.382 e. The van der Waals surface area contributed by atoms with Gasteiger partial charge in [-0.3, -0.25) is 9.98 Å². The lowest BCUT2D eigenvalue weighted by atomic mass is 9.65. The van der Waals surface area contributed by atoms with Crippen LogP contribution < -0.4 is 5.73 Å². The first-order valence-electron chi connectivity index (χ1n) is 10.3. The lowest BCUT2D eigenvalue weighted by molar-refractivity contribution is -0.000374. The summed E-state index contributed by atoms with van der Waals surface area (Å²) in [6.07, 6.45) is 7.82. The second-order valence-corrected chi connectivity index (χ2v) is 9.08. The molecule has 7 heteroatoms. The maximum Gasteiger partial charge on any atom is 0.184 e. The molecule has 2 spiro atoms. The van der Waals surface area contributed by atoms with Crippen molar-refractivity contribution in [2.45, 2.75) is 50.8 Å². The Morgan fingerprint density at radius 3 is 2.57 bits per heavy atom. The topological polar surface area (TPSA) is 72.9 Å². The monoisotopic (exact) mass is 426 g/mol. The van der Waals surface area contributed by atoms with Gasteiger partial charge >= 0.3 is 0 Å². The van der Waals surface area contributed by atoms with Crippen LogP contribution in [0.3, 0.4) is 0 Å². The molecular weight excluding hydrogens is 403 g/mol. The number of aliphatic imine (C=N–C) groups is 2. The van der Waals surface area contributed by atoms with Crippen LogP contribution in [0.15, 0.2) is 40.6 Å². The maximum atomic E-state index is 15.2. The predicted molar refractivity (Wildman–Crippen MR) is 116 cm³/mol. The average Bonchev–Trinajstić information content (AvgIpc) is 3.15. The molecular formula is C23H24ClFN4O. The molecule has 0 saturated heterocycles. The van der Waals surface area contributed by atoms with E-state index in [1.54, 1.807) is 25.4 Å². The average molecular weight is 427 g/mol.